The number of halogens is 5. The van der Waals surface area contributed by atoms with Crippen LogP contribution in [0.2, 0.25) is 6.04 Å². The van der Waals surface area contributed by atoms with Crippen LogP contribution in [0.3, 0.4) is 0 Å². The minimum Gasteiger partial charge on any atom is -0.455 e. The van der Waals surface area contributed by atoms with Crippen molar-refractivity contribution < 1.29 is 49.6 Å². The van der Waals surface area contributed by atoms with E-state index in [1.807, 2.05) is 0 Å². The summed E-state index contributed by atoms with van der Waals surface area (Å²) in [5.74, 6) is -12.6. The van der Waals surface area contributed by atoms with Crippen LogP contribution < -0.4 is 0 Å². The van der Waals surface area contributed by atoms with Crippen LogP contribution in [-0.2, 0) is 34.1 Å². The third kappa shape index (κ3) is 7.01. The largest absolute Gasteiger partial charge is 0.705 e. The van der Waals surface area contributed by atoms with E-state index in [-0.39, 0.29) is 38.1 Å². The summed E-state index contributed by atoms with van der Waals surface area (Å²) < 4.78 is 82.9. The fourth-order valence-corrected chi connectivity index (χ4v) is 5.05. The first kappa shape index (κ1) is 26.5. The van der Waals surface area contributed by atoms with Gasteiger partial charge in [0.15, 0.2) is 23.3 Å². The molecule has 0 aliphatic heterocycles. The summed E-state index contributed by atoms with van der Waals surface area (Å²) in [4.78, 5) is 35.5. The molecule has 0 N–H and O–H groups in total. The summed E-state index contributed by atoms with van der Waals surface area (Å²) in [6.45, 7) is 4.40. The molecule has 0 aliphatic carbocycles. The van der Waals surface area contributed by atoms with Crippen molar-refractivity contribution in [2.75, 3.05) is 0 Å². The number of hydrogen-bond acceptors (Lipinski definition) is 6. The maximum absolute atomic E-state index is 13.8. The summed E-state index contributed by atoms with van der Waals surface area (Å²) >= 11 is 0. The van der Waals surface area contributed by atoms with Crippen molar-refractivity contribution in [3.05, 3.63) is 34.6 Å². The van der Waals surface area contributed by atoms with Crippen LogP contribution in [0, 0.1) is 29.1 Å². The second-order valence-corrected chi connectivity index (χ2v) is 8.90. The van der Waals surface area contributed by atoms with Crippen molar-refractivity contribution in [2.24, 2.45) is 0 Å². The SMILES string of the molecule is CCC(=O)O[Si](CCCCc1c(F)c(F)c(F)c(F)c1F)(OC(=O)CC)OC(=O)CC. The average Bonchev–Trinajstić information content (AvgIpc) is 2.75. The van der Waals surface area contributed by atoms with E-state index in [1.165, 1.54) is 20.8 Å². The lowest BCUT2D eigenvalue weighted by Crippen LogP contribution is -2.50. The molecule has 12 heteroatoms. The molecule has 0 fully saturated rings. The van der Waals surface area contributed by atoms with Crippen LogP contribution in [0.1, 0.15) is 58.4 Å². The second-order valence-electron chi connectivity index (χ2n) is 6.42. The Morgan fingerprint density at radius 2 is 1.00 bits per heavy atom. The molecular formula is C19H23F5O6Si. The second kappa shape index (κ2) is 11.8. The molecule has 174 valence electrons. The molecule has 0 saturated heterocycles. The molecular weight excluding hydrogens is 447 g/mol. The zero-order valence-corrected chi connectivity index (χ0v) is 18.3. The van der Waals surface area contributed by atoms with Gasteiger partial charge in [-0.25, -0.2) is 22.0 Å². The van der Waals surface area contributed by atoms with Crippen LogP contribution in [0.4, 0.5) is 22.0 Å². The monoisotopic (exact) mass is 470 g/mol. The minimum absolute atomic E-state index is 0.0588. The van der Waals surface area contributed by atoms with Crippen molar-refractivity contribution in [3.8, 4) is 0 Å². The summed E-state index contributed by atoms with van der Waals surface area (Å²) in [6, 6.07) is -0.272. The van der Waals surface area contributed by atoms with Crippen molar-refractivity contribution >= 4 is 26.7 Å². The first-order valence-electron chi connectivity index (χ1n) is 9.67. The van der Waals surface area contributed by atoms with Gasteiger partial charge >= 0.3 is 8.80 Å². The van der Waals surface area contributed by atoms with Gasteiger partial charge < -0.3 is 13.3 Å². The zero-order chi connectivity index (χ0) is 23.8. The Labute approximate surface area is 177 Å². The van der Waals surface area contributed by atoms with Gasteiger partial charge in [-0.3, -0.25) is 14.4 Å². The molecule has 0 unspecified atom stereocenters. The third-order valence-corrected chi connectivity index (χ3v) is 6.72. The Kier molecular flexibility index (Phi) is 10.1. The standard InChI is InChI=1S/C19H23F5O6Si/c1-4-12(25)28-31(29-13(26)5-2,30-14(27)6-3)10-8-7-9-11-15(20)17(22)19(24)18(23)16(11)21/h4-10H2,1-3H3. The molecule has 0 aliphatic rings. The first-order valence-corrected chi connectivity index (χ1v) is 11.6. The van der Waals surface area contributed by atoms with Gasteiger partial charge in [0.1, 0.15) is 0 Å². The zero-order valence-electron chi connectivity index (χ0n) is 17.3. The molecule has 1 aromatic rings. The van der Waals surface area contributed by atoms with Gasteiger partial charge in [0.05, 0.1) is 6.04 Å². The third-order valence-electron chi connectivity index (χ3n) is 4.13. The number of benzene rings is 1. The van der Waals surface area contributed by atoms with Crippen molar-refractivity contribution in [2.45, 2.75) is 65.3 Å². The molecule has 0 amide bonds. The summed E-state index contributed by atoms with van der Waals surface area (Å²) in [7, 11) is -4.19. The van der Waals surface area contributed by atoms with E-state index in [0.29, 0.717) is 0 Å². The van der Waals surface area contributed by atoms with E-state index in [2.05, 4.69) is 0 Å². The van der Waals surface area contributed by atoms with Gasteiger partial charge in [-0.2, -0.15) is 0 Å². The molecule has 0 radical (unpaired) electrons. The smallest absolute Gasteiger partial charge is 0.455 e. The highest BCUT2D eigenvalue weighted by Crippen LogP contribution is 2.26. The first-order chi connectivity index (χ1) is 14.5. The molecule has 6 nitrogen and oxygen atoms in total. The molecule has 0 spiro atoms. The predicted molar refractivity (Wildman–Crippen MR) is 98.9 cm³/mol. The Morgan fingerprint density at radius 1 is 0.645 bits per heavy atom. The van der Waals surface area contributed by atoms with Gasteiger partial charge in [0.25, 0.3) is 17.9 Å². The summed E-state index contributed by atoms with van der Waals surface area (Å²) in [5, 5.41) is 0. The van der Waals surface area contributed by atoms with Crippen LogP contribution >= 0.6 is 0 Å². The van der Waals surface area contributed by atoms with Crippen molar-refractivity contribution in [3.63, 3.8) is 0 Å². The Hall–Kier alpha value is -2.50. The quantitative estimate of drug-likeness (QED) is 0.156. The lowest BCUT2D eigenvalue weighted by Gasteiger charge is -2.27. The maximum atomic E-state index is 13.8. The molecule has 1 aromatic carbocycles. The van der Waals surface area contributed by atoms with Crippen molar-refractivity contribution in [1.29, 1.82) is 0 Å². The number of rotatable bonds is 11. The van der Waals surface area contributed by atoms with E-state index in [1.54, 1.807) is 0 Å². The molecule has 0 heterocycles. The predicted octanol–water partition coefficient (Wildman–Crippen LogP) is 4.50. The summed E-state index contributed by atoms with van der Waals surface area (Å²) in [6.07, 6.45) is -1.05. The van der Waals surface area contributed by atoms with E-state index >= 15 is 0 Å². The Bertz CT molecular complexity index is 758. The number of carbonyl (C=O) groups excluding carboxylic acids is 3. The minimum atomic E-state index is -4.19. The lowest BCUT2D eigenvalue weighted by atomic mass is 10.1. The maximum Gasteiger partial charge on any atom is 0.705 e. The fraction of sp³-hybridized carbons (Fsp3) is 0.526. The van der Waals surface area contributed by atoms with Crippen LogP contribution in [0.5, 0.6) is 0 Å². The molecule has 31 heavy (non-hydrogen) atoms. The number of hydrogen-bond donors (Lipinski definition) is 0. The highest BCUT2D eigenvalue weighted by atomic mass is 28.4. The number of unbranched alkanes of at least 4 members (excludes halogenated alkanes) is 1. The van der Waals surface area contributed by atoms with Gasteiger partial charge in [0.2, 0.25) is 5.82 Å². The molecule has 0 aromatic heterocycles. The highest BCUT2D eigenvalue weighted by molar-refractivity contribution is 6.65. The molecule has 0 atom stereocenters. The number of carbonyl (C=O) groups is 3. The van der Waals surface area contributed by atoms with E-state index in [9.17, 15) is 36.3 Å². The van der Waals surface area contributed by atoms with Gasteiger partial charge in [-0.15, -0.1) is 0 Å². The van der Waals surface area contributed by atoms with Crippen molar-refractivity contribution in [1.82, 2.24) is 0 Å². The van der Waals surface area contributed by atoms with E-state index in [0.717, 1.165) is 0 Å². The van der Waals surface area contributed by atoms with Crippen LogP contribution in [-0.4, -0.2) is 26.7 Å². The topological polar surface area (TPSA) is 78.9 Å². The van der Waals surface area contributed by atoms with Gasteiger partial charge in [0, 0.05) is 24.8 Å². The summed E-state index contributed by atoms with van der Waals surface area (Å²) in [5.41, 5.74) is -0.995. The lowest BCUT2D eigenvalue weighted by molar-refractivity contribution is -0.150. The molecule has 0 saturated carbocycles. The van der Waals surface area contributed by atoms with E-state index < -0.39 is 67.8 Å². The Balaban J connectivity index is 3.04. The normalized spacial score (nSPS) is 11.2. The van der Waals surface area contributed by atoms with Crippen LogP contribution in [0.15, 0.2) is 0 Å². The highest BCUT2D eigenvalue weighted by Gasteiger charge is 2.52. The molecule has 1 rings (SSSR count). The fourth-order valence-electron chi connectivity index (χ4n) is 2.47. The average molecular weight is 470 g/mol. The Morgan fingerprint density at radius 3 is 1.35 bits per heavy atom. The van der Waals surface area contributed by atoms with E-state index in [4.69, 9.17) is 13.3 Å². The van der Waals surface area contributed by atoms with Gasteiger partial charge in [-0.1, -0.05) is 20.8 Å². The van der Waals surface area contributed by atoms with Gasteiger partial charge in [-0.05, 0) is 19.3 Å². The van der Waals surface area contributed by atoms with Crippen LogP contribution in [0.25, 0.3) is 0 Å². The molecule has 0 bridgehead atoms.